The van der Waals surface area contributed by atoms with Crippen molar-refractivity contribution in [3.8, 4) is 11.5 Å². The molecular weight excluding hydrogens is 226 g/mol. The lowest BCUT2D eigenvalue weighted by Gasteiger charge is -2.02. The van der Waals surface area contributed by atoms with Crippen molar-refractivity contribution < 1.29 is 0 Å². The SMILES string of the molecule is Cc1cc2nc(-c3n[nH]cc3N)n(C)c2cc1C. The van der Waals surface area contributed by atoms with Crippen LogP contribution in [0.15, 0.2) is 18.3 Å². The zero-order valence-corrected chi connectivity index (χ0v) is 10.7. The van der Waals surface area contributed by atoms with Gasteiger partial charge in [0.25, 0.3) is 0 Å². The summed E-state index contributed by atoms with van der Waals surface area (Å²) in [5.74, 6) is 0.786. The highest BCUT2D eigenvalue weighted by Gasteiger charge is 2.15. The first-order chi connectivity index (χ1) is 8.58. The van der Waals surface area contributed by atoms with Crippen molar-refractivity contribution in [1.29, 1.82) is 0 Å². The molecule has 1 aromatic carbocycles. The molecule has 92 valence electrons. The van der Waals surface area contributed by atoms with Gasteiger partial charge in [0.1, 0.15) is 0 Å². The molecule has 0 saturated heterocycles. The number of H-pyrrole nitrogens is 1. The maximum atomic E-state index is 5.88. The summed E-state index contributed by atoms with van der Waals surface area (Å²) in [7, 11) is 1.98. The maximum absolute atomic E-state index is 5.88. The molecule has 3 rings (SSSR count). The molecule has 2 heterocycles. The second-order valence-corrected chi connectivity index (χ2v) is 4.61. The van der Waals surface area contributed by atoms with E-state index < -0.39 is 0 Å². The van der Waals surface area contributed by atoms with Gasteiger partial charge in [-0.25, -0.2) is 4.98 Å². The molecule has 0 atom stereocenters. The van der Waals surface area contributed by atoms with Crippen LogP contribution in [0, 0.1) is 13.8 Å². The molecule has 18 heavy (non-hydrogen) atoms. The van der Waals surface area contributed by atoms with Crippen molar-refractivity contribution in [2.45, 2.75) is 13.8 Å². The van der Waals surface area contributed by atoms with Gasteiger partial charge in [-0.05, 0) is 37.1 Å². The van der Waals surface area contributed by atoms with E-state index in [0.29, 0.717) is 11.4 Å². The molecule has 0 amide bonds. The minimum atomic E-state index is 0.613. The third kappa shape index (κ3) is 1.40. The fraction of sp³-hybridized carbons (Fsp3) is 0.231. The first-order valence-corrected chi connectivity index (χ1v) is 5.81. The average Bonchev–Trinajstić information content (AvgIpc) is 2.86. The summed E-state index contributed by atoms with van der Waals surface area (Å²) in [5.41, 5.74) is 11.7. The number of hydrogen-bond donors (Lipinski definition) is 2. The number of rotatable bonds is 1. The molecule has 0 radical (unpaired) electrons. The van der Waals surface area contributed by atoms with Gasteiger partial charge in [0.05, 0.1) is 16.7 Å². The lowest BCUT2D eigenvalue weighted by atomic mass is 10.1. The number of fused-ring (bicyclic) bond motifs is 1. The number of nitrogen functional groups attached to an aromatic ring is 1. The normalized spacial score (nSPS) is 11.3. The Bertz CT molecular complexity index is 735. The first-order valence-electron chi connectivity index (χ1n) is 5.81. The van der Waals surface area contributed by atoms with Gasteiger partial charge in [-0.2, -0.15) is 5.10 Å². The number of imidazole rings is 1. The predicted octanol–water partition coefficient (Wildman–Crippen LogP) is 2.16. The minimum Gasteiger partial charge on any atom is -0.396 e. The van der Waals surface area contributed by atoms with Crippen LogP contribution in [0.5, 0.6) is 0 Å². The number of nitrogens with two attached hydrogens (primary N) is 1. The molecule has 0 aliphatic rings. The molecule has 0 bridgehead atoms. The summed E-state index contributed by atoms with van der Waals surface area (Å²) in [6.45, 7) is 4.19. The lowest BCUT2D eigenvalue weighted by Crippen LogP contribution is -1.96. The Morgan fingerprint density at radius 2 is 1.94 bits per heavy atom. The van der Waals surface area contributed by atoms with Crippen LogP contribution in [0.3, 0.4) is 0 Å². The van der Waals surface area contributed by atoms with Crippen molar-refractivity contribution in [2.24, 2.45) is 7.05 Å². The number of hydrogen-bond acceptors (Lipinski definition) is 3. The smallest absolute Gasteiger partial charge is 0.163 e. The van der Waals surface area contributed by atoms with Crippen LogP contribution in [-0.2, 0) is 7.05 Å². The van der Waals surface area contributed by atoms with Crippen molar-refractivity contribution in [3.63, 3.8) is 0 Å². The largest absolute Gasteiger partial charge is 0.396 e. The van der Waals surface area contributed by atoms with E-state index in [0.717, 1.165) is 16.9 Å². The van der Waals surface area contributed by atoms with Gasteiger partial charge in [0.15, 0.2) is 11.5 Å². The van der Waals surface area contributed by atoms with Gasteiger partial charge in [0, 0.05) is 13.2 Å². The van der Waals surface area contributed by atoms with Crippen LogP contribution in [0.1, 0.15) is 11.1 Å². The number of nitrogens with one attached hydrogen (secondary N) is 1. The Morgan fingerprint density at radius 3 is 2.61 bits per heavy atom. The van der Waals surface area contributed by atoms with E-state index in [1.165, 1.54) is 11.1 Å². The number of benzene rings is 1. The second kappa shape index (κ2) is 3.60. The third-order valence-electron chi connectivity index (χ3n) is 3.38. The number of aryl methyl sites for hydroxylation is 3. The highest BCUT2D eigenvalue weighted by Crippen LogP contribution is 2.27. The fourth-order valence-electron chi connectivity index (χ4n) is 2.14. The van der Waals surface area contributed by atoms with E-state index in [1.807, 2.05) is 11.6 Å². The molecule has 0 aliphatic heterocycles. The summed E-state index contributed by atoms with van der Waals surface area (Å²) in [6, 6.07) is 4.24. The van der Waals surface area contributed by atoms with E-state index in [1.54, 1.807) is 6.20 Å². The summed E-state index contributed by atoms with van der Waals surface area (Å²) in [5, 5.41) is 6.92. The van der Waals surface area contributed by atoms with Crippen LogP contribution in [0.25, 0.3) is 22.6 Å². The summed E-state index contributed by atoms with van der Waals surface area (Å²) in [6.07, 6.45) is 1.67. The molecule has 5 nitrogen and oxygen atoms in total. The highest BCUT2D eigenvalue weighted by atomic mass is 15.2. The Kier molecular flexibility index (Phi) is 2.16. The highest BCUT2D eigenvalue weighted by molar-refractivity contribution is 5.83. The number of aromatic amines is 1. The number of nitrogens with zero attached hydrogens (tertiary/aromatic N) is 3. The fourth-order valence-corrected chi connectivity index (χ4v) is 2.14. The molecule has 0 aliphatic carbocycles. The standard InChI is InChI=1S/C13H15N5/c1-7-4-10-11(5-8(7)2)18(3)13(16-10)12-9(14)6-15-17-12/h4-6H,14H2,1-3H3,(H,15,17). The van der Waals surface area contributed by atoms with Crippen molar-refractivity contribution in [2.75, 3.05) is 5.73 Å². The monoisotopic (exact) mass is 241 g/mol. The quantitative estimate of drug-likeness (QED) is 0.685. The Morgan fingerprint density at radius 1 is 1.22 bits per heavy atom. The number of anilines is 1. The van der Waals surface area contributed by atoms with Crippen LogP contribution < -0.4 is 5.73 Å². The third-order valence-corrected chi connectivity index (χ3v) is 3.38. The molecular formula is C13H15N5. The van der Waals surface area contributed by atoms with E-state index in [-0.39, 0.29) is 0 Å². The Labute approximate surface area is 105 Å². The maximum Gasteiger partial charge on any atom is 0.163 e. The molecule has 0 unspecified atom stereocenters. The van der Waals surface area contributed by atoms with Crippen molar-refractivity contribution in [1.82, 2.24) is 19.7 Å². The van der Waals surface area contributed by atoms with E-state index in [4.69, 9.17) is 5.73 Å². The van der Waals surface area contributed by atoms with Gasteiger partial charge in [-0.15, -0.1) is 0 Å². The van der Waals surface area contributed by atoms with Crippen LogP contribution in [0.4, 0.5) is 5.69 Å². The van der Waals surface area contributed by atoms with Crippen molar-refractivity contribution in [3.05, 3.63) is 29.5 Å². The predicted molar refractivity (Wildman–Crippen MR) is 72.2 cm³/mol. The molecule has 2 aromatic heterocycles. The topological polar surface area (TPSA) is 72.5 Å². The summed E-state index contributed by atoms with van der Waals surface area (Å²) < 4.78 is 2.02. The van der Waals surface area contributed by atoms with Crippen molar-refractivity contribution >= 4 is 16.7 Å². The molecule has 3 N–H and O–H groups in total. The summed E-state index contributed by atoms with van der Waals surface area (Å²) >= 11 is 0. The van der Waals surface area contributed by atoms with Crippen LogP contribution in [-0.4, -0.2) is 19.7 Å². The summed E-state index contributed by atoms with van der Waals surface area (Å²) in [4.78, 5) is 4.62. The van der Waals surface area contributed by atoms with E-state index >= 15 is 0 Å². The zero-order valence-electron chi connectivity index (χ0n) is 10.7. The second-order valence-electron chi connectivity index (χ2n) is 4.61. The van der Waals surface area contributed by atoms with Gasteiger partial charge >= 0.3 is 0 Å². The Balaban J connectivity index is 2.33. The van der Waals surface area contributed by atoms with Crippen LogP contribution in [0.2, 0.25) is 0 Å². The zero-order chi connectivity index (χ0) is 12.9. The van der Waals surface area contributed by atoms with Gasteiger partial charge in [-0.1, -0.05) is 0 Å². The minimum absolute atomic E-state index is 0.613. The lowest BCUT2D eigenvalue weighted by molar-refractivity contribution is 0.943. The van der Waals surface area contributed by atoms with Crippen LogP contribution >= 0.6 is 0 Å². The van der Waals surface area contributed by atoms with Gasteiger partial charge < -0.3 is 10.3 Å². The van der Waals surface area contributed by atoms with E-state index in [2.05, 4.69) is 41.2 Å². The molecule has 0 saturated carbocycles. The molecule has 0 spiro atoms. The first kappa shape index (κ1) is 10.8. The van der Waals surface area contributed by atoms with Gasteiger partial charge in [0.2, 0.25) is 0 Å². The van der Waals surface area contributed by atoms with E-state index in [9.17, 15) is 0 Å². The molecule has 5 heteroatoms. The Hall–Kier alpha value is -2.30. The average molecular weight is 241 g/mol. The van der Waals surface area contributed by atoms with Gasteiger partial charge in [-0.3, -0.25) is 5.10 Å². The molecule has 0 fully saturated rings. The molecule has 3 aromatic rings. The number of aromatic nitrogens is 4.